The Morgan fingerprint density at radius 2 is 1.69 bits per heavy atom. The summed E-state index contributed by atoms with van der Waals surface area (Å²) in [6.07, 6.45) is 11.4. The molecule has 0 atom stereocenters. The first kappa shape index (κ1) is 16.1. The van der Waals surface area contributed by atoms with Gasteiger partial charge in [-0.25, -0.2) is 0 Å². The topological polar surface area (TPSA) is 18.5 Å². The Balaban J connectivity index is 2.93. The minimum atomic E-state index is 0.443. The van der Waals surface area contributed by atoms with Crippen molar-refractivity contribution in [3.8, 4) is 0 Å². The van der Waals surface area contributed by atoms with Crippen LogP contribution in [0.25, 0.3) is 0 Å². The first-order valence-corrected chi connectivity index (χ1v) is 7.40. The van der Waals surface area contributed by atoms with Crippen molar-refractivity contribution in [2.45, 2.75) is 45.4 Å². The summed E-state index contributed by atoms with van der Waals surface area (Å²) in [4.78, 5) is 0. The van der Waals surface area contributed by atoms with Gasteiger partial charge in [-0.1, -0.05) is 54.3 Å². The van der Waals surface area contributed by atoms with Crippen LogP contribution in [0.2, 0.25) is 0 Å². The van der Waals surface area contributed by atoms with Gasteiger partial charge in [0.2, 0.25) is 0 Å². The number of rotatable bonds is 12. The maximum Gasteiger partial charge on any atom is 0.146 e. The number of unbranched alkanes of at least 4 members (excludes halogenated alkanes) is 3. The van der Waals surface area contributed by atoms with E-state index in [-0.39, 0.29) is 0 Å². The summed E-state index contributed by atoms with van der Waals surface area (Å²) in [5.74, 6) is 0. The quantitative estimate of drug-likeness (QED) is 0.231. The molecule has 3 heteroatoms. The average molecular weight is 293 g/mol. The molecule has 0 saturated heterocycles. The second kappa shape index (κ2) is 15.1. The van der Waals surface area contributed by atoms with E-state index in [2.05, 4.69) is 35.0 Å². The zero-order valence-electron chi connectivity index (χ0n) is 10.4. The predicted octanol–water partition coefficient (Wildman–Crippen LogP) is 4.29. The number of ether oxygens (including phenoxy) is 2. The van der Waals surface area contributed by atoms with Crippen molar-refractivity contribution in [1.82, 2.24) is 0 Å². The van der Waals surface area contributed by atoms with E-state index >= 15 is 0 Å². The van der Waals surface area contributed by atoms with Gasteiger partial charge in [0.05, 0.1) is 6.61 Å². The molecule has 96 valence electrons. The maximum atomic E-state index is 5.35. The van der Waals surface area contributed by atoms with Crippen molar-refractivity contribution in [3.05, 3.63) is 12.2 Å². The summed E-state index contributed by atoms with van der Waals surface area (Å²) >= 11 is 3.38. The van der Waals surface area contributed by atoms with Gasteiger partial charge < -0.3 is 9.47 Å². The molecule has 0 aliphatic carbocycles. The molecule has 0 heterocycles. The van der Waals surface area contributed by atoms with Gasteiger partial charge in [0.1, 0.15) is 6.79 Å². The van der Waals surface area contributed by atoms with Gasteiger partial charge in [0.15, 0.2) is 0 Å². The zero-order valence-corrected chi connectivity index (χ0v) is 12.0. The van der Waals surface area contributed by atoms with Crippen molar-refractivity contribution in [2.75, 3.05) is 25.3 Å². The van der Waals surface area contributed by atoms with Crippen molar-refractivity contribution in [1.29, 1.82) is 0 Å². The molecule has 16 heavy (non-hydrogen) atoms. The van der Waals surface area contributed by atoms with E-state index in [0.717, 1.165) is 37.8 Å². The number of hydrogen-bond donors (Lipinski definition) is 0. The SMILES string of the molecule is CCCCCCOCOCC/C=C\CCBr. The Morgan fingerprint density at radius 1 is 0.938 bits per heavy atom. The Hall–Kier alpha value is 0.140. The smallest absolute Gasteiger partial charge is 0.146 e. The highest BCUT2D eigenvalue weighted by Crippen LogP contribution is 1.99. The fraction of sp³-hybridized carbons (Fsp3) is 0.846. The lowest BCUT2D eigenvalue weighted by Gasteiger charge is -2.04. The van der Waals surface area contributed by atoms with Gasteiger partial charge in [0, 0.05) is 11.9 Å². The Labute approximate surface area is 109 Å². The number of hydrogen-bond acceptors (Lipinski definition) is 2. The van der Waals surface area contributed by atoms with Crippen LogP contribution in [0.1, 0.15) is 45.4 Å². The van der Waals surface area contributed by atoms with Crippen LogP contribution in [-0.4, -0.2) is 25.3 Å². The molecule has 0 aromatic rings. The Bertz CT molecular complexity index is 149. The van der Waals surface area contributed by atoms with Crippen LogP contribution in [0.15, 0.2) is 12.2 Å². The largest absolute Gasteiger partial charge is 0.355 e. The minimum absolute atomic E-state index is 0.443. The zero-order chi connectivity index (χ0) is 11.9. The molecule has 0 rings (SSSR count). The van der Waals surface area contributed by atoms with Gasteiger partial charge in [-0.15, -0.1) is 0 Å². The lowest BCUT2D eigenvalue weighted by Crippen LogP contribution is -2.02. The summed E-state index contributed by atoms with van der Waals surface area (Å²) < 4.78 is 10.7. The maximum absolute atomic E-state index is 5.35. The second-order valence-electron chi connectivity index (χ2n) is 3.73. The lowest BCUT2D eigenvalue weighted by molar-refractivity contribution is -0.0531. The van der Waals surface area contributed by atoms with Crippen molar-refractivity contribution >= 4 is 15.9 Å². The van der Waals surface area contributed by atoms with E-state index in [1.807, 2.05) is 0 Å². The molecule has 0 aromatic carbocycles. The summed E-state index contributed by atoms with van der Waals surface area (Å²) in [7, 11) is 0. The van der Waals surface area contributed by atoms with E-state index in [0.29, 0.717) is 6.79 Å². The molecule has 0 radical (unpaired) electrons. The van der Waals surface area contributed by atoms with Crippen LogP contribution in [0.4, 0.5) is 0 Å². The molecule has 0 spiro atoms. The highest BCUT2D eigenvalue weighted by molar-refractivity contribution is 9.09. The molecule has 0 N–H and O–H groups in total. The van der Waals surface area contributed by atoms with Gasteiger partial charge >= 0.3 is 0 Å². The summed E-state index contributed by atoms with van der Waals surface area (Å²) in [5.41, 5.74) is 0. The van der Waals surface area contributed by atoms with Crippen LogP contribution in [-0.2, 0) is 9.47 Å². The van der Waals surface area contributed by atoms with Crippen LogP contribution in [0.3, 0.4) is 0 Å². The predicted molar refractivity (Wildman–Crippen MR) is 73.1 cm³/mol. The molecule has 0 saturated carbocycles. The lowest BCUT2D eigenvalue weighted by atomic mass is 10.2. The van der Waals surface area contributed by atoms with E-state index in [4.69, 9.17) is 9.47 Å². The van der Waals surface area contributed by atoms with Crippen molar-refractivity contribution in [2.24, 2.45) is 0 Å². The van der Waals surface area contributed by atoms with Gasteiger partial charge in [-0.3, -0.25) is 0 Å². The Kier molecular flexibility index (Phi) is 15.3. The first-order valence-electron chi connectivity index (χ1n) is 6.28. The summed E-state index contributed by atoms with van der Waals surface area (Å²) in [6.45, 7) is 4.25. The van der Waals surface area contributed by atoms with E-state index in [9.17, 15) is 0 Å². The molecule has 0 fully saturated rings. The average Bonchev–Trinajstić information content (AvgIpc) is 2.31. The highest BCUT2D eigenvalue weighted by Gasteiger charge is 1.89. The number of halogens is 1. The fourth-order valence-electron chi connectivity index (χ4n) is 1.26. The molecular weight excluding hydrogens is 268 g/mol. The summed E-state index contributed by atoms with van der Waals surface area (Å²) in [5, 5.41) is 1.03. The van der Waals surface area contributed by atoms with Gasteiger partial charge in [-0.05, 0) is 19.3 Å². The molecule has 0 aliphatic heterocycles. The molecule has 0 unspecified atom stereocenters. The second-order valence-corrected chi connectivity index (χ2v) is 4.53. The fourth-order valence-corrected chi connectivity index (χ4v) is 1.52. The van der Waals surface area contributed by atoms with Crippen LogP contribution in [0, 0.1) is 0 Å². The third-order valence-electron chi connectivity index (χ3n) is 2.18. The molecule has 0 aliphatic rings. The van der Waals surface area contributed by atoms with Crippen molar-refractivity contribution in [3.63, 3.8) is 0 Å². The third-order valence-corrected chi connectivity index (χ3v) is 2.64. The standard InChI is InChI=1S/C13H25BrO2/c1-2-3-4-8-11-15-13-16-12-9-6-5-7-10-14/h5-6H,2-4,7-13H2,1H3/b6-5-. The Morgan fingerprint density at radius 3 is 2.44 bits per heavy atom. The van der Waals surface area contributed by atoms with Crippen LogP contribution in [0.5, 0.6) is 0 Å². The van der Waals surface area contributed by atoms with E-state index < -0.39 is 0 Å². The monoisotopic (exact) mass is 292 g/mol. The number of alkyl halides is 1. The normalized spacial score (nSPS) is 11.4. The molecular formula is C13H25BrO2. The van der Waals surface area contributed by atoms with E-state index in [1.54, 1.807) is 0 Å². The van der Waals surface area contributed by atoms with Gasteiger partial charge in [-0.2, -0.15) is 0 Å². The highest BCUT2D eigenvalue weighted by atomic mass is 79.9. The van der Waals surface area contributed by atoms with E-state index in [1.165, 1.54) is 19.3 Å². The van der Waals surface area contributed by atoms with Crippen LogP contribution < -0.4 is 0 Å². The van der Waals surface area contributed by atoms with Crippen LogP contribution >= 0.6 is 15.9 Å². The first-order chi connectivity index (χ1) is 7.91. The molecule has 0 amide bonds. The molecule has 0 bridgehead atoms. The minimum Gasteiger partial charge on any atom is -0.355 e. The summed E-state index contributed by atoms with van der Waals surface area (Å²) in [6, 6.07) is 0. The van der Waals surface area contributed by atoms with Gasteiger partial charge in [0.25, 0.3) is 0 Å². The van der Waals surface area contributed by atoms with Crippen molar-refractivity contribution < 1.29 is 9.47 Å². The number of allylic oxidation sites excluding steroid dienone is 1. The third kappa shape index (κ3) is 14.1. The molecule has 2 nitrogen and oxygen atoms in total. The molecule has 0 aromatic heterocycles.